The summed E-state index contributed by atoms with van der Waals surface area (Å²) in [5.41, 5.74) is 2.15. The van der Waals surface area contributed by atoms with Crippen LogP contribution in [0.3, 0.4) is 0 Å². The lowest BCUT2D eigenvalue weighted by molar-refractivity contribution is -0.135. The Labute approximate surface area is 162 Å². The number of hydrogen-bond donors (Lipinski definition) is 0. The molecule has 2 unspecified atom stereocenters. The molecule has 4 nitrogen and oxygen atoms in total. The van der Waals surface area contributed by atoms with Crippen molar-refractivity contribution >= 4 is 27.7 Å². The minimum absolute atomic E-state index is 0.0185. The third-order valence-electron chi connectivity index (χ3n) is 5.00. The van der Waals surface area contributed by atoms with Gasteiger partial charge in [0.15, 0.2) is 0 Å². The van der Waals surface area contributed by atoms with Gasteiger partial charge in [-0.25, -0.2) is 0 Å². The third-order valence-corrected chi connectivity index (χ3v) is 5.77. The number of hydrogen-bond acceptors (Lipinski definition) is 2. The standard InChI is InChI=1S/C21H23BrN2O2/c1-15(16-8-4-3-5-9-16)24-14-18(12-20(24)25)21(26)23(2)13-17-10-6-7-11-19(17)22/h3-11,15,18H,12-14H2,1-2H3. The van der Waals surface area contributed by atoms with E-state index in [9.17, 15) is 9.59 Å². The van der Waals surface area contributed by atoms with Crippen molar-refractivity contribution in [3.63, 3.8) is 0 Å². The molecule has 2 aromatic rings. The lowest BCUT2D eigenvalue weighted by Gasteiger charge is -2.26. The van der Waals surface area contributed by atoms with E-state index >= 15 is 0 Å². The molecule has 0 spiro atoms. The van der Waals surface area contributed by atoms with E-state index in [1.807, 2.05) is 66.4 Å². The van der Waals surface area contributed by atoms with Crippen molar-refractivity contribution in [2.75, 3.05) is 13.6 Å². The Morgan fingerprint density at radius 2 is 1.85 bits per heavy atom. The molecule has 2 amide bonds. The van der Waals surface area contributed by atoms with Crippen LogP contribution in [0.4, 0.5) is 0 Å². The first-order valence-electron chi connectivity index (χ1n) is 8.80. The average Bonchev–Trinajstić information content (AvgIpc) is 3.04. The van der Waals surface area contributed by atoms with Crippen LogP contribution < -0.4 is 0 Å². The van der Waals surface area contributed by atoms with Gasteiger partial charge in [0.2, 0.25) is 11.8 Å². The maximum Gasteiger partial charge on any atom is 0.228 e. The molecule has 5 heteroatoms. The van der Waals surface area contributed by atoms with Crippen LogP contribution in [-0.4, -0.2) is 35.2 Å². The molecular weight excluding hydrogens is 392 g/mol. The van der Waals surface area contributed by atoms with Gasteiger partial charge in [0.05, 0.1) is 12.0 Å². The fourth-order valence-corrected chi connectivity index (χ4v) is 3.86. The van der Waals surface area contributed by atoms with Gasteiger partial charge in [0.25, 0.3) is 0 Å². The summed E-state index contributed by atoms with van der Waals surface area (Å²) in [5.74, 6) is -0.202. The average molecular weight is 415 g/mol. The maximum absolute atomic E-state index is 12.8. The summed E-state index contributed by atoms with van der Waals surface area (Å²) in [6.45, 7) is 3.03. The van der Waals surface area contributed by atoms with Crippen LogP contribution in [0.5, 0.6) is 0 Å². The summed E-state index contributed by atoms with van der Waals surface area (Å²) >= 11 is 3.52. The second-order valence-electron chi connectivity index (χ2n) is 6.82. The van der Waals surface area contributed by atoms with Gasteiger partial charge in [-0.15, -0.1) is 0 Å². The van der Waals surface area contributed by atoms with Crippen molar-refractivity contribution in [2.45, 2.75) is 25.9 Å². The number of halogens is 1. The number of benzene rings is 2. The Hall–Kier alpha value is -2.14. The first kappa shape index (κ1) is 18.6. The first-order chi connectivity index (χ1) is 12.5. The molecule has 3 rings (SSSR count). The van der Waals surface area contributed by atoms with Crippen LogP contribution in [0, 0.1) is 5.92 Å². The quantitative estimate of drug-likeness (QED) is 0.740. The molecule has 2 aromatic carbocycles. The molecule has 1 fully saturated rings. The largest absolute Gasteiger partial charge is 0.341 e. The number of rotatable bonds is 5. The van der Waals surface area contributed by atoms with E-state index in [-0.39, 0.29) is 30.2 Å². The highest BCUT2D eigenvalue weighted by Crippen LogP contribution is 2.29. The first-order valence-corrected chi connectivity index (χ1v) is 9.59. The van der Waals surface area contributed by atoms with E-state index in [0.717, 1.165) is 15.6 Å². The van der Waals surface area contributed by atoms with Crippen molar-refractivity contribution in [3.8, 4) is 0 Å². The summed E-state index contributed by atoms with van der Waals surface area (Å²) in [7, 11) is 1.80. The van der Waals surface area contributed by atoms with E-state index in [2.05, 4.69) is 15.9 Å². The minimum atomic E-state index is -0.277. The lowest BCUT2D eigenvalue weighted by atomic mass is 10.1. The van der Waals surface area contributed by atoms with Crippen LogP contribution in [0.1, 0.15) is 30.5 Å². The summed E-state index contributed by atoms with van der Waals surface area (Å²) in [5, 5.41) is 0. The van der Waals surface area contributed by atoms with E-state index in [0.29, 0.717) is 13.1 Å². The fourth-order valence-electron chi connectivity index (χ4n) is 3.45. The molecule has 0 aromatic heterocycles. The molecule has 0 saturated carbocycles. The fraction of sp³-hybridized carbons (Fsp3) is 0.333. The Balaban J connectivity index is 1.66. The number of carbonyl (C=O) groups excluding carboxylic acids is 2. The van der Waals surface area contributed by atoms with Gasteiger partial charge >= 0.3 is 0 Å². The van der Waals surface area contributed by atoms with Crippen molar-refractivity contribution in [1.82, 2.24) is 9.80 Å². The highest BCUT2D eigenvalue weighted by molar-refractivity contribution is 9.10. The molecule has 0 N–H and O–H groups in total. The third kappa shape index (κ3) is 3.98. The summed E-state index contributed by atoms with van der Waals surface area (Å²) in [6, 6.07) is 17.8. The molecule has 1 aliphatic heterocycles. The molecule has 1 aliphatic rings. The summed E-state index contributed by atoms with van der Waals surface area (Å²) in [6.07, 6.45) is 0.288. The molecule has 26 heavy (non-hydrogen) atoms. The molecule has 1 saturated heterocycles. The number of nitrogens with zero attached hydrogens (tertiary/aromatic N) is 2. The molecule has 0 aliphatic carbocycles. The van der Waals surface area contributed by atoms with Crippen molar-refractivity contribution in [2.24, 2.45) is 5.92 Å². The van der Waals surface area contributed by atoms with Gasteiger partial charge in [-0.05, 0) is 24.1 Å². The summed E-state index contributed by atoms with van der Waals surface area (Å²) < 4.78 is 0.987. The van der Waals surface area contributed by atoms with E-state index in [1.165, 1.54) is 0 Å². The smallest absolute Gasteiger partial charge is 0.228 e. The predicted octanol–water partition coefficient (Wildman–Crippen LogP) is 4.02. The van der Waals surface area contributed by atoms with Crippen LogP contribution >= 0.6 is 15.9 Å². The molecule has 2 atom stereocenters. The van der Waals surface area contributed by atoms with Crippen molar-refractivity contribution < 1.29 is 9.59 Å². The number of likely N-dealkylation sites (tertiary alicyclic amines) is 1. The second kappa shape index (κ2) is 8.04. The number of amides is 2. The van der Waals surface area contributed by atoms with Gasteiger partial charge < -0.3 is 9.80 Å². The molecular formula is C21H23BrN2O2. The van der Waals surface area contributed by atoms with Crippen LogP contribution in [0.2, 0.25) is 0 Å². The monoisotopic (exact) mass is 414 g/mol. The Morgan fingerprint density at radius 3 is 2.54 bits per heavy atom. The Morgan fingerprint density at radius 1 is 1.19 bits per heavy atom. The SMILES string of the molecule is CC(c1ccccc1)N1CC(C(=O)N(C)Cc2ccccc2Br)CC1=O. The lowest BCUT2D eigenvalue weighted by Crippen LogP contribution is -2.35. The zero-order chi connectivity index (χ0) is 18.7. The zero-order valence-electron chi connectivity index (χ0n) is 15.1. The van der Waals surface area contributed by atoms with Crippen LogP contribution in [-0.2, 0) is 16.1 Å². The van der Waals surface area contributed by atoms with Crippen molar-refractivity contribution in [1.29, 1.82) is 0 Å². The van der Waals surface area contributed by atoms with E-state index in [4.69, 9.17) is 0 Å². The summed E-state index contributed by atoms with van der Waals surface area (Å²) in [4.78, 5) is 28.9. The van der Waals surface area contributed by atoms with Crippen molar-refractivity contribution in [3.05, 3.63) is 70.2 Å². The highest BCUT2D eigenvalue weighted by atomic mass is 79.9. The van der Waals surface area contributed by atoms with Gasteiger partial charge in [0, 0.05) is 31.0 Å². The Kier molecular flexibility index (Phi) is 5.77. The predicted molar refractivity (Wildman–Crippen MR) is 105 cm³/mol. The normalized spacial score (nSPS) is 18.0. The molecule has 1 heterocycles. The van der Waals surface area contributed by atoms with Gasteiger partial charge in [0.1, 0.15) is 0 Å². The van der Waals surface area contributed by atoms with Crippen LogP contribution in [0.25, 0.3) is 0 Å². The van der Waals surface area contributed by atoms with Gasteiger partial charge in [-0.1, -0.05) is 64.5 Å². The van der Waals surface area contributed by atoms with Gasteiger partial charge in [-0.2, -0.15) is 0 Å². The maximum atomic E-state index is 12.8. The highest BCUT2D eigenvalue weighted by Gasteiger charge is 2.38. The van der Waals surface area contributed by atoms with E-state index in [1.54, 1.807) is 11.9 Å². The molecule has 0 radical (unpaired) electrons. The Bertz CT molecular complexity index is 794. The van der Waals surface area contributed by atoms with Gasteiger partial charge in [-0.3, -0.25) is 9.59 Å². The molecule has 0 bridgehead atoms. The zero-order valence-corrected chi connectivity index (χ0v) is 16.6. The number of carbonyl (C=O) groups is 2. The van der Waals surface area contributed by atoms with E-state index < -0.39 is 0 Å². The second-order valence-corrected chi connectivity index (χ2v) is 7.67. The topological polar surface area (TPSA) is 40.6 Å². The molecule has 136 valence electrons. The van der Waals surface area contributed by atoms with Crippen LogP contribution in [0.15, 0.2) is 59.1 Å². The minimum Gasteiger partial charge on any atom is -0.341 e.